The predicted octanol–water partition coefficient (Wildman–Crippen LogP) is 2.91. The normalized spacial score (nSPS) is 14.5. The van der Waals surface area contributed by atoms with Crippen LogP contribution in [-0.2, 0) is 18.6 Å². The third-order valence-corrected chi connectivity index (χ3v) is 6.00. The van der Waals surface area contributed by atoms with E-state index in [1.165, 1.54) is 6.08 Å². The Balaban J connectivity index is 3.16. The first-order chi connectivity index (χ1) is 10.6. The second-order valence-corrected chi connectivity index (χ2v) is 8.57. The number of ether oxygens (including phenoxy) is 2. The molecule has 0 aliphatic heterocycles. The Bertz CT molecular complexity index is 317. The van der Waals surface area contributed by atoms with Gasteiger partial charge in [-0.25, -0.2) is 0 Å². The Hall–Kier alpha value is 0.470. The van der Waals surface area contributed by atoms with E-state index in [4.69, 9.17) is 19.1 Å². The van der Waals surface area contributed by atoms with Crippen molar-refractivity contribution in [2.45, 2.75) is 19.8 Å². The molecule has 22 heavy (non-hydrogen) atoms. The van der Waals surface area contributed by atoms with Crippen LogP contribution in [0.5, 0.6) is 0 Å². The minimum Gasteiger partial charge on any atom is -0.394 e. The molecule has 6 nitrogen and oxygen atoms in total. The van der Waals surface area contributed by atoms with Crippen molar-refractivity contribution in [3.63, 3.8) is 0 Å². The molecule has 132 valence electrons. The lowest BCUT2D eigenvalue weighted by molar-refractivity contribution is 0.0933. The minimum absolute atomic E-state index is 0.0814. The van der Waals surface area contributed by atoms with E-state index in [0.717, 1.165) is 30.2 Å². The predicted molar refractivity (Wildman–Crippen MR) is 93.5 cm³/mol. The standard InChI is InChI=1S/C13H27O6PS2/c1-2-11-20(15,16)19-10-9-18-7-4-13-22-21-12-3-6-17-8-5-14/h2,11,14H,3-10,12-13H2,1H3,(H,15,16). The number of allylic oxidation sites excluding steroid dienone is 1. The fourth-order valence-electron chi connectivity index (χ4n) is 1.28. The number of aliphatic hydroxyl groups is 1. The van der Waals surface area contributed by atoms with E-state index >= 15 is 0 Å². The molecule has 0 saturated carbocycles. The van der Waals surface area contributed by atoms with Gasteiger partial charge in [-0.1, -0.05) is 27.7 Å². The van der Waals surface area contributed by atoms with Crippen LogP contribution in [0.4, 0.5) is 0 Å². The molecule has 0 fully saturated rings. The molecule has 0 heterocycles. The Morgan fingerprint density at radius 1 is 1.00 bits per heavy atom. The van der Waals surface area contributed by atoms with E-state index in [2.05, 4.69) is 0 Å². The zero-order valence-corrected chi connectivity index (χ0v) is 15.5. The summed E-state index contributed by atoms with van der Waals surface area (Å²) in [5.41, 5.74) is 0. The van der Waals surface area contributed by atoms with Gasteiger partial charge in [0.1, 0.15) is 0 Å². The number of hydrogen-bond acceptors (Lipinski definition) is 7. The smallest absolute Gasteiger partial charge is 0.351 e. The molecular weight excluding hydrogens is 347 g/mol. The summed E-state index contributed by atoms with van der Waals surface area (Å²) in [5.74, 6) is 3.19. The van der Waals surface area contributed by atoms with E-state index < -0.39 is 7.60 Å². The molecule has 0 amide bonds. The van der Waals surface area contributed by atoms with Crippen molar-refractivity contribution in [2.75, 3.05) is 51.1 Å². The highest BCUT2D eigenvalue weighted by molar-refractivity contribution is 8.76. The van der Waals surface area contributed by atoms with Crippen LogP contribution >= 0.6 is 29.2 Å². The molecule has 1 atom stereocenters. The third kappa shape index (κ3) is 16.8. The van der Waals surface area contributed by atoms with Gasteiger partial charge in [0.25, 0.3) is 0 Å². The van der Waals surface area contributed by atoms with Crippen molar-refractivity contribution in [1.82, 2.24) is 0 Å². The summed E-state index contributed by atoms with van der Waals surface area (Å²) in [5, 5.41) is 8.52. The van der Waals surface area contributed by atoms with Crippen LogP contribution in [0.3, 0.4) is 0 Å². The molecule has 0 aliphatic rings. The van der Waals surface area contributed by atoms with Crippen LogP contribution in [0.15, 0.2) is 11.9 Å². The molecule has 2 N–H and O–H groups in total. The number of aliphatic hydroxyl groups excluding tert-OH is 1. The summed E-state index contributed by atoms with van der Waals surface area (Å²) >= 11 is 0. The summed E-state index contributed by atoms with van der Waals surface area (Å²) in [6.07, 6.45) is 3.42. The minimum atomic E-state index is -3.57. The molecule has 0 aromatic carbocycles. The SMILES string of the molecule is CC=CP(=O)(O)OCCOCCCSSCCCOCCO. The van der Waals surface area contributed by atoms with Crippen molar-refractivity contribution in [1.29, 1.82) is 0 Å². The molecule has 0 rings (SSSR count). The Labute approximate surface area is 140 Å². The fraction of sp³-hybridized carbons (Fsp3) is 0.846. The summed E-state index contributed by atoms with van der Waals surface area (Å²) in [6, 6.07) is 0. The Morgan fingerprint density at radius 3 is 2.14 bits per heavy atom. The van der Waals surface area contributed by atoms with Gasteiger partial charge in [0.2, 0.25) is 0 Å². The van der Waals surface area contributed by atoms with Gasteiger partial charge in [0.05, 0.1) is 26.4 Å². The van der Waals surface area contributed by atoms with Gasteiger partial charge < -0.3 is 24.0 Å². The zero-order chi connectivity index (χ0) is 16.5. The lowest BCUT2D eigenvalue weighted by atomic mass is 10.5. The summed E-state index contributed by atoms with van der Waals surface area (Å²) in [7, 11) is 0.0342. The second kappa shape index (κ2) is 16.3. The van der Waals surface area contributed by atoms with E-state index in [0.29, 0.717) is 26.4 Å². The topological polar surface area (TPSA) is 85.2 Å². The molecule has 1 unspecified atom stereocenters. The molecular formula is C13H27O6PS2. The van der Waals surface area contributed by atoms with Gasteiger partial charge >= 0.3 is 7.60 Å². The van der Waals surface area contributed by atoms with Crippen LogP contribution in [0.2, 0.25) is 0 Å². The number of hydrogen-bond donors (Lipinski definition) is 2. The van der Waals surface area contributed by atoms with Crippen LogP contribution in [0, 0.1) is 0 Å². The van der Waals surface area contributed by atoms with E-state index in [1.54, 1.807) is 28.5 Å². The monoisotopic (exact) mass is 374 g/mol. The average Bonchev–Trinajstić information content (AvgIpc) is 2.47. The highest BCUT2D eigenvalue weighted by Gasteiger charge is 2.12. The van der Waals surface area contributed by atoms with Crippen molar-refractivity contribution in [2.24, 2.45) is 0 Å². The number of rotatable bonds is 16. The zero-order valence-electron chi connectivity index (χ0n) is 13.0. The van der Waals surface area contributed by atoms with Gasteiger partial charge in [-0.2, -0.15) is 0 Å². The van der Waals surface area contributed by atoms with Gasteiger partial charge in [0, 0.05) is 30.5 Å². The molecule has 0 saturated heterocycles. The van der Waals surface area contributed by atoms with Crippen LogP contribution in [-0.4, -0.2) is 61.1 Å². The van der Waals surface area contributed by atoms with Crippen molar-refractivity contribution in [3.8, 4) is 0 Å². The van der Waals surface area contributed by atoms with Gasteiger partial charge in [-0.15, -0.1) is 0 Å². The summed E-state index contributed by atoms with van der Waals surface area (Å²) in [6.45, 7) is 3.92. The fourth-order valence-corrected chi connectivity index (χ4v) is 4.21. The first kappa shape index (κ1) is 22.5. The molecule has 0 spiro atoms. The molecule has 0 aromatic rings. The van der Waals surface area contributed by atoms with E-state index in [-0.39, 0.29) is 13.2 Å². The Morgan fingerprint density at radius 2 is 1.59 bits per heavy atom. The summed E-state index contributed by atoms with van der Waals surface area (Å²) < 4.78 is 26.6. The van der Waals surface area contributed by atoms with Crippen molar-refractivity contribution in [3.05, 3.63) is 11.9 Å². The van der Waals surface area contributed by atoms with Gasteiger partial charge in [-0.05, 0) is 19.8 Å². The highest BCUT2D eigenvalue weighted by Crippen LogP contribution is 2.43. The van der Waals surface area contributed by atoms with Crippen molar-refractivity contribution >= 4 is 29.2 Å². The molecule has 0 bridgehead atoms. The van der Waals surface area contributed by atoms with Gasteiger partial charge in [-0.3, -0.25) is 4.57 Å². The maximum absolute atomic E-state index is 11.3. The summed E-state index contributed by atoms with van der Waals surface area (Å²) in [4.78, 5) is 9.27. The lowest BCUT2D eigenvalue weighted by Crippen LogP contribution is -2.04. The molecule has 9 heteroatoms. The van der Waals surface area contributed by atoms with Crippen LogP contribution in [0.25, 0.3) is 0 Å². The highest BCUT2D eigenvalue weighted by atomic mass is 33.1. The first-order valence-electron chi connectivity index (χ1n) is 7.24. The van der Waals surface area contributed by atoms with Gasteiger partial charge in [0.15, 0.2) is 0 Å². The third-order valence-electron chi connectivity index (χ3n) is 2.19. The van der Waals surface area contributed by atoms with Crippen molar-refractivity contribution < 1.29 is 28.6 Å². The first-order valence-corrected chi connectivity index (χ1v) is 11.4. The molecule has 0 aromatic heterocycles. The molecule has 0 radical (unpaired) electrons. The maximum atomic E-state index is 11.3. The molecule has 0 aliphatic carbocycles. The quantitative estimate of drug-likeness (QED) is 0.242. The average molecular weight is 374 g/mol. The largest absolute Gasteiger partial charge is 0.394 e. The lowest BCUT2D eigenvalue weighted by Gasteiger charge is -2.08. The van der Waals surface area contributed by atoms with E-state index in [9.17, 15) is 9.46 Å². The maximum Gasteiger partial charge on any atom is 0.351 e. The second-order valence-electron chi connectivity index (χ2n) is 4.18. The van der Waals surface area contributed by atoms with E-state index in [1.807, 2.05) is 0 Å². The van der Waals surface area contributed by atoms with Crippen LogP contribution in [0.1, 0.15) is 19.8 Å². The Kier molecular flexibility index (Phi) is 16.7. The van der Waals surface area contributed by atoms with Crippen LogP contribution < -0.4 is 0 Å².